The van der Waals surface area contributed by atoms with Gasteiger partial charge in [-0.1, -0.05) is 18.2 Å². The molecule has 2 aliphatic heterocycles. The molecule has 2 aromatic rings. The predicted octanol–water partition coefficient (Wildman–Crippen LogP) is 2.23. The molecule has 0 saturated carbocycles. The van der Waals surface area contributed by atoms with Crippen molar-refractivity contribution in [2.45, 2.75) is 13.0 Å². The molecule has 2 saturated heterocycles. The van der Waals surface area contributed by atoms with E-state index in [1.54, 1.807) is 42.7 Å². The summed E-state index contributed by atoms with van der Waals surface area (Å²) in [5.41, 5.74) is 1.17. The number of carbonyl (C=O) groups is 2. The summed E-state index contributed by atoms with van der Waals surface area (Å²) in [7, 11) is 0. The highest BCUT2D eigenvalue weighted by atomic mass is 16.5. The van der Waals surface area contributed by atoms with Gasteiger partial charge < -0.3 is 19.5 Å². The van der Waals surface area contributed by atoms with Crippen LogP contribution in [0.5, 0.6) is 5.75 Å². The Balaban J connectivity index is 1.71. The molecule has 8 nitrogen and oxygen atoms in total. The monoisotopic (exact) mass is 437 g/mol. The van der Waals surface area contributed by atoms with Gasteiger partial charge in [-0.2, -0.15) is 0 Å². The van der Waals surface area contributed by atoms with Crippen LogP contribution < -0.4 is 4.74 Å². The Labute approximate surface area is 187 Å². The average molecular weight is 437 g/mol. The van der Waals surface area contributed by atoms with Gasteiger partial charge in [-0.15, -0.1) is 0 Å². The van der Waals surface area contributed by atoms with Crippen molar-refractivity contribution in [1.82, 2.24) is 14.8 Å². The number of nitrogens with zero attached hydrogens (tertiary/aromatic N) is 3. The van der Waals surface area contributed by atoms with Gasteiger partial charge in [0.1, 0.15) is 11.5 Å². The van der Waals surface area contributed by atoms with E-state index in [-0.39, 0.29) is 11.3 Å². The molecule has 0 radical (unpaired) electrons. The zero-order valence-corrected chi connectivity index (χ0v) is 18.1. The molecule has 0 bridgehead atoms. The van der Waals surface area contributed by atoms with E-state index in [0.717, 1.165) is 13.1 Å². The highest BCUT2D eigenvalue weighted by molar-refractivity contribution is 6.46. The third-order valence-electron chi connectivity index (χ3n) is 5.72. The maximum Gasteiger partial charge on any atom is 0.295 e. The summed E-state index contributed by atoms with van der Waals surface area (Å²) in [4.78, 5) is 34.0. The van der Waals surface area contributed by atoms with E-state index in [4.69, 9.17) is 9.47 Å². The number of carbonyl (C=O) groups excluding carboxylic acids is 2. The molecule has 1 N–H and O–H groups in total. The molecule has 0 aliphatic carbocycles. The third-order valence-corrected chi connectivity index (χ3v) is 5.72. The molecule has 32 heavy (non-hydrogen) atoms. The molecule has 1 aromatic heterocycles. The molecule has 0 spiro atoms. The van der Waals surface area contributed by atoms with E-state index in [1.165, 1.54) is 4.90 Å². The number of benzene rings is 1. The van der Waals surface area contributed by atoms with Crippen molar-refractivity contribution >= 4 is 17.4 Å². The summed E-state index contributed by atoms with van der Waals surface area (Å²) in [6.07, 6.45) is 3.26. The van der Waals surface area contributed by atoms with Gasteiger partial charge in [-0.05, 0) is 30.7 Å². The van der Waals surface area contributed by atoms with Gasteiger partial charge in [-0.25, -0.2) is 0 Å². The third kappa shape index (κ3) is 4.51. The topological polar surface area (TPSA) is 92.2 Å². The van der Waals surface area contributed by atoms with Crippen LogP contribution in [0.25, 0.3) is 5.76 Å². The quantitative estimate of drug-likeness (QED) is 0.403. The first-order chi connectivity index (χ1) is 15.6. The Hall–Kier alpha value is -3.23. The zero-order valence-electron chi connectivity index (χ0n) is 18.1. The fraction of sp³-hybridized carbons (Fsp3) is 0.375. The molecule has 1 amide bonds. The number of morpholine rings is 1. The van der Waals surface area contributed by atoms with Crippen molar-refractivity contribution < 1.29 is 24.2 Å². The molecule has 3 heterocycles. The average Bonchev–Trinajstić information content (AvgIpc) is 3.09. The minimum Gasteiger partial charge on any atom is -0.507 e. The molecule has 1 atom stereocenters. The second-order valence-electron chi connectivity index (χ2n) is 7.69. The summed E-state index contributed by atoms with van der Waals surface area (Å²) in [5, 5.41) is 11.1. The maximum absolute atomic E-state index is 13.1. The lowest BCUT2D eigenvalue weighted by Gasteiger charge is -2.30. The molecule has 168 valence electrons. The molecule has 8 heteroatoms. The summed E-state index contributed by atoms with van der Waals surface area (Å²) in [6.45, 7) is 6.20. The number of ketones is 1. The van der Waals surface area contributed by atoms with Crippen molar-refractivity contribution in [2.24, 2.45) is 0 Å². The molecule has 2 aliphatic rings. The minimum atomic E-state index is -0.708. The van der Waals surface area contributed by atoms with Crippen molar-refractivity contribution in [3.8, 4) is 5.75 Å². The van der Waals surface area contributed by atoms with Gasteiger partial charge in [0.05, 0.1) is 31.4 Å². The number of pyridine rings is 1. The number of ether oxygens (including phenoxy) is 2. The Morgan fingerprint density at radius 3 is 2.72 bits per heavy atom. The van der Waals surface area contributed by atoms with Crippen molar-refractivity contribution in [3.05, 3.63) is 65.5 Å². The van der Waals surface area contributed by atoms with Crippen LogP contribution in [0.1, 0.15) is 24.1 Å². The molecule has 4 rings (SSSR count). The number of aromatic nitrogens is 1. The van der Waals surface area contributed by atoms with Crippen LogP contribution in [-0.4, -0.2) is 77.6 Å². The molecule has 2 fully saturated rings. The largest absolute Gasteiger partial charge is 0.507 e. The lowest BCUT2D eigenvalue weighted by molar-refractivity contribution is -0.140. The van der Waals surface area contributed by atoms with Crippen LogP contribution in [0, 0.1) is 0 Å². The summed E-state index contributed by atoms with van der Waals surface area (Å²) in [5.74, 6) is -0.946. The van der Waals surface area contributed by atoms with Gasteiger partial charge in [-0.3, -0.25) is 19.5 Å². The van der Waals surface area contributed by atoms with Gasteiger partial charge in [0, 0.05) is 44.1 Å². The van der Waals surface area contributed by atoms with Gasteiger partial charge >= 0.3 is 0 Å². The first-order valence-corrected chi connectivity index (χ1v) is 10.8. The number of aliphatic hydroxyl groups excluding tert-OH is 1. The van der Waals surface area contributed by atoms with Crippen molar-refractivity contribution in [1.29, 1.82) is 0 Å². The zero-order chi connectivity index (χ0) is 22.5. The standard InChI is InChI=1S/C24H27N3O5/c1-2-32-19-7-3-5-17(15-19)22(28)20-21(18-6-4-8-25-16-18)27(24(30)23(20)29)10-9-26-11-13-31-14-12-26/h3-8,15-16,21,28H,2,9-14H2,1H3/b22-20+/t21-/m0/s1. The first kappa shape index (κ1) is 22.0. The van der Waals surface area contributed by atoms with Crippen LogP contribution in [0.3, 0.4) is 0 Å². The summed E-state index contributed by atoms with van der Waals surface area (Å²) < 4.78 is 10.9. The van der Waals surface area contributed by atoms with E-state index in [1.807, 2.05) is 13.0 Å². The number of likely N-dealkylation sites (tertiary alicyclic amines) is 1. The van der Waals surface area contributed by atoms with Crippen LogP contribution >= 0.6 is 0 Å². The Morgan fingerprint density at radius 2 is 2.00 bits per heavy atom. The van der Waals surface area contributed by atoms with Gasteiger partial charge in [0.25, 0.3) is 11.7 Å². The molecular weight excluding hydrogens is 410 g/mol. The Bertz CT molecular complexity index is 1000. The van der Waals surface area contributed by atoms with Gasteiger partial charge in [0.15, 0.2) is 0 Å². The maximum atomic E-state index is 13.1. The van der Waals surface area contributed by atoms with E-state index in [9.17, 15) is 14.7 Å². The van der Waals surface area contributed by atoms with E-state index in [0.29, 0.717) is 49.8 Å². The SMILES string of the molecule is CCOc1cccc(/C(O)=C2\C(=O)C(=O)N(CCN3CCOCC3)[C@H]2c2cccnc2)c1. The van der Waals surface area contributed by atoms with E-state index in [2.05, 4.69) is 9.88 Å². The van der Waals surface area contributed by atoms with Crippen LogP contribution in [0.15, 0.2) is 54.4 Å². The van der Waals surface area contributed by atoms with Crippen molar-refractivity contribution in [3.63, 3.8) is 0 Å². The smallest absolute Gasteiger partial charge is 0.295 e. The van der Waals surface area contributed by atoms with Crippen LogP contribution in [0.4, 0.5) is 0 Å². The second-order valence-corrected chi connectivity index (χ2v) is 7.69. The molecule has 0 unspecified atom stereocenters. The number of hydrogen-bond donors (Lipinski definition) is 1. The first-order valence-electron chi connectivity index (χ1n) is 10.8. The normalized spacial score (nSPS) is 21.2. The molecule has 1 aromatic carbocycles. The van der Waals surface area contributed by atoms with Gasteiger partial charge in [0.2, 0.25) is 0 Å². The number of Topliss-reactive ketones (excluding diaryl/α,β-unsaturated/α-hetero) is 1. The predicted molar refractivity (Wildman–Crippen MR) is 118 cm³/mol. The lowest BCUT2D eigenvalue weighted by Crippen LogP contribution is -2.42. The highest BCUT2D eigenvalue weighted by Crippen LogP contribution is 2.39. The summed E-state index contributed by atoms with van der Waals surface area (Å²) >= 11 is 0. The van der Waals surface area contributed by atoms with Crippen LogP contribution in [-0.2, 0) is 14.3 Å². The number of hydrogen-bond acceptors (Lipinski definition) is 7. The minimum absolute atomic E-state index is 0.0682. The second kappa shape index (κ2) is 9.93. The fourth-order valence-corrected chi connectivity index (χ4v) is 4.12. The van der Waals surface area contributed by atoms with E-state index >= 15 is 0 Å². The van der Waals surface area contributed by atoms with Crippen LogP contribution in [0.2, 0.25) is 0 Å². The molecular formula is C24H27N3O5. The van der Waals surface area contributed by atoms with E-state index < -0.39 is 17.7 Å². The van der Waals surface area contributed by atoms with Crippen molar-refractivity contribution in [2.75, 3.05) is 46.0 Å². The lowest BCUT2D eigenvalue weighted by atomic mass is 9.96. The Kier molecular flexibility index (Phi) is 6.82. The number of amides is 1. The number of aliphatic hydroxyl groups is 1. The summed E-state index contributed by atoms with van der Waals surface area (Å²) in [6, 6.07) is 9.75. The Morgan fingerprint density at radius 1 is 1.19 bits per heavy atom. The fourth-order valence-electron chi connectivity index (χ4n) is 4.12. The highest BCUT2D eigenvalue weighted by Gasteiger charge is 2.46. The number of rotatable bonds is 7.